The lowest BCUT2D eigenvalue weighted by Crippen LogP contribution is -2.19. The summed E-state index contributed by atoms with van der Waals surface area (Å²) < 4.78 is 21.3. The van der Waals surface area contributed by atoms with Crippen molar-refractivity contribution in [3.05, 3.63) is 35.7 Å². The number of imidazole rings is 1. The number of carbonyl (C=O) groups excluding carboxylic acids is 1. The van der Waals surface area contributed by atoms with Gasteiger partial charge in [-0.05, 0) is 32.8 Å². The van der Waals surface area contributed by atoms with Crippen molar-refractivity contribution in [1.29, 1.82) is 0 Å². The van der Waals surface area contributed by atoms with E-state index in [2.05, 4.69) is 25.3 Å². The number of benzene rings is 1. The van der Waals surface area contributed by atoms with Gasteiger partial charge in [0.15, 0.2) is 5.82 Å². The van der Waals surface area contributed by atoms with Gasteiger partial charge in [-0.1, -0.05) is 13.8 Å². The fraction of sp³-hybridized carbons (Fsp3) is 0.429. The van der Waals surface area contributed by atoms with E-state index in [1.165, 1.54) is 12.4 Å². The number of amides is 2. The molecule has 2 aromatic heterocycles. The van der Waals surface area contributed by atoms with E-state index in [9.17, 15) is 9.90 Å². The number of nitrogens with two attached hydrogens (primary N) is 1. The second kappa shape index (κ2) is 8.94. The summed E-state index contributed by atoms with van der Waals surface area (Å²) in [6.07, 6.45) is 3.95. The first-order chi connectivity index (χ1) is 14.7. The molecule has 0 aliphatic carbocycles. The molecule has 166 valence electrons. The van der Waals surface area contributed by atoms with Crippen molar-refractivity contribution in [3.8, 4) is 11.1 Å². The van der Waals surface area contributed by atoms with E-state index in [1.54, 1.807) is 19.9 Å². The number of primary amides is 1. The van der Waals surface area contributed by atoms with Gasteiger partial charge >= 0.3 is 6.03 Å². The van der Waals surface area contributed by atoms with Crippen molar-refractivity contribution in [2.24, 2.45) is 5.73 Å². The van der Waals surface area contributed by atoms with E-state index in [0.717, 1.165) is 6.42 Å². The van der Waals surface area contributed by atoms with E-state index >= 15 is 4.39 Å². The normalized spacial score (nSPS) is 16.1. The quantitative estimate of drug-likeness (QED) is 0.497. The topological polar surface area (TPSA) is 139 Å². The van der Waals surface area contributed by atoms with Gasteiger partial charge in [0.05, 0.1) is 17.1 Å². The summed E-state index contributed by atoms with van der Waals surface area (Å²) in [5, 5.41) is 12.4. The Labute approximate surface area is 179 Å². The van der Waals surface area contributed by atoms with Crippen molar-refractivity contribution in [1.82, 2.24) is 19.9 Å². The average molecular weight is 430 g/mol. The van der Waals surface area contributed by atoms with Crippen molar-refractivity contribution in [3.63, 3.8) is 0 Å². The SMILES string of the molecule is CC.CC(C)(O)c1ncc(-c2cc3[nH]c(NC(N)=O)nc3c(C3CCCO3)c2F)cn1. The van der Waals surface area contributed by atoms with E-state index in [1.807, 2.05) is 13.8 Å². The average Bonchev–Trinajstić information content (AvgIpc) is 3.38. The number of ether oxygens (including phenoxy) is 1. The molecule has 4 rings (SSSR count). The number of aromatic amines is 1. The monoisotopic (exact) mass is 430 g/mol. The van der Waals surface area contributed by atoms with Crippen molar-refractivity contribution < 1.29 is 19.0 Å². The zero-order valence-electron chi connectivity index (χ0n) is 18.0. The van der Waals surface area contributed by atoms with Crippen LogP contribution in [0.1, 0.15) is 58.0 Å². The molecule has 0 saturated carbocycles. The van der Waals surface area contributed by atoms with Crippen LogP contribution in [-0.4, -0.2) is 37.7 Å². The highest BCUT2D eigenvalue weighted by atomic mass is 19.1. The van der Waals surface area contributed by atoms with Gasteiger partial charge in [-0.2, -0.15) is 0 Å². The number of fused-ring (bicyclic) bond motifs is 1. The second-order valence-corrected chi connectivity index (χ2v) is 7.48. The highest BCUT2D eigenvalue weighted by Gasteiger charge is 2.28. The highest BCUT2D eigenvalue weighted by molar-refractivity contribution is 5.91. The summed E-state index contributed by atoms with van der Waals surface area (Å²) in [6.45, 7) is 7.68. The lowest BCUT2D eigenvalue weighted by molar-refractivity contribution is 0.0687. The molecule has 1 unspecified atom stereocenters. The van der Waals surface area contributed by atoms with Crippen LogP contribution in [0.15, 0.2) is 18.5 Å². The molecule has 1 aliphatic heterocycles. The molecule has 0 bridgehead atoms. The lowest BCUT2D eigenvalue weighted by atomic mass is 9.98. The first kappa shape index (κ1) is 22.6. The smallest absolute Gasteiger partial charge is 0.318 e. The maximum Gasteiger partial charge on any atom is 0.318 e. The minimum absolute atomic E-state index is 0.122. The Morgan fingerprint density at radius 1 is 1.35 bits per heavy atom. The number of halogens is 1. The number of urea groups is 1. The van der Waals surface area contributed by atoms with Crippen LogP contribution in [0.3, 0.4) is 0 Å². The summed E-state index contributed by atoms with van der Waals surface area (Å²) in [4.78, 5) is 26.7. The van der Waals surface area contributed by atoms with Crippen LogP contribution < -0.4 is 11.1 Å². The Kier molecular flexibility index (Phi) is 6.51. The predicted molar refractivity (Wildman–Crippen MR) is 115 cm³/mol. The minimum atomic E-state index is -1.21. The molecule has 10 heteroatoms. The second-order valence-electron chi connectivity index (χ2n) is 7.48. The van der Waals surface area contributed by atoms with Gasteiger partial charge in [0.1, 0.15) is 11.4 Å². The number of rotatable bonds is 4. The first-order valence-corrected chi connectivity index (χ1v) is 10.2. The summed E-state index contributed by atoms with van der Waals surface area (Å²) in [5.74, 6) is -0.130. The molecular weight excluding hydrogens is 403 g/mol. The number of nitrogens with zero attached hydrogens (tertiary/aromatic N) is 3. The number of aliphatic hydroxyl groups is 1. The number of H-pyrrole nitrogens is 1. The number of nitrogens with one attached hydrogen (secondary N) is 2. The zero-order chi connectivity index (χ0) is 22.8. The summed E-state index contributed by atoms with van der Waals surface area (Å²) in [6, 6.07) is 0.795. The van der Waals surface area contributed by atoms with Gasteiger partial charge in [-0.25, -0.2) is 24.1 Å². The van der Waals surface area contributed by atoms with Gasteiger partial charge in [-0.15, -0.1) is 0 Å². The van der Waals surface area contributed by atoms with Crippen LogP contribution in [0.25, 0.3) is 22.2 Å². The molecule has 0 spiro atoms. The Morgan fingerprint density at radius 2 is 2.03 bits per heavy atom. The maximum atomic E-state index is 15.6. The lowest BCUT2D eigenvalue weighted by Gasteiger charge is -2.16. The molecule has 1 saturated heterocycles. The third kappa shape index (κ3) is 4.64. The fourth-order valence-electron chi connectivity index (χ4n) is 3.42. The van der Waals surface area contributed by atoms with E-state index in [0.29, 0.717) is 35.2 Å². The summed E-state index contributed by atoms with van der Waals surface area (Å²) >= 11 is 0. The van der Waals surface area contributed by atoms with Crippen molar-refractivity contribution in [2.75, 3.05) is 11.9 Å². The predicted octanol–water partition coefficient (Wildman–Crippen LogP) is 3.75. The molecule has 31 heavy (non-hydrogen) atoms. The standard InChI is InChI=1S/C19H21FN6O3.C2H6/c1-19(2,28)16-22-7-9(8-23-16)10-6-11-15(25-18(24-11)26-17(21)27)13(14(10)20)12-4-3-5-29-12;1-2/h6-8,12,28H,3-5H2,1-2H3,(H4,21,24,25,26,27);1-2H3. The van der Waals surface area contributed by atoms with Crippen LogP contribution in [0, 0.1) is 5.82 Å². The van der Waals surface area contributed by atoms with Gasteiger partial charge in [-0.3, -0.25) is 5.32 Å². The molecule has 3 heterocycles. The number of anilines is 1. The maximum absolute atomic E-state index is 15.6. The van der Waals surface area contributed by atoms with E-state index in [-0.39, 0.29) is 17.3 Å². The molecule has 3 aromatic rings. The molecule has 1 aromatic carbocycles. The minimum Gasteiger partial charge on any atom is -0.382 e. The summed E-state index contributed by atoms with van der Waals surface area (Å²) in [7, 11) is 0. The summed E-state index contributed by atoms with van der Waals surface area (Å²) in [5.41, 5.74) is 5.86. The Morgan fingerprint density at radius 3 is 2.58 bits per heavy atom. The van der Waals surface area contributed by atoms with Gasteiger partial charge in [0.25, 0.3) is 0 Å². The van der Waals surface area contributed by atoms with Crippen LogP contribution in [0.5, 0.6) is 0 Å². The molecule has 5 N–H and O–H groups in total. The Bertz CT molecular complexity index is 1070. The molecule has 1 atom stereocenters. The highest BCUT2D eigenvalue weighted by Crippen LogP contribution is 2.39. The van der Waals surface area contributed by atoms with Crippen LogP contribution in [0.4, 0.5) is 15.1 Å². The molecule has 9 nitrogen and oxygen atoms in total. The molecule has 1 aliphatic rings. The van der Waals surface area contributed by atoms with Crippen LogP contribution in [-0.2, 0) is 10.3 Å². The number of carbonyl (C=O) groups is 1. The van der Waals surface area contributed by atoms with E-state index < -0.39 is 23.6 Å². The van der Waals surface area contributed by atoms with Gasteiger partial charge in [0, 0.05) is 35.7 Å². The van der Waals surface area contributed by atoms with Gasteiger partial charge in [0.2, 0.25) is 5.95 Å². The van der Waals surface area contributed by atoms with Crippen LogP contribution >= 0.6 is 0 Å². The number of hydrogen-bond acceptors (Lipinski definition) is 6. The molecular formula is C21H27FN6O3. The number of aromatic nitrogens is 4. The molecule has 1 fully saturated rings. The van der Waals surface area contributed by atoms with Gasteiger partial charge < -0.3 is 20.6 Å². The molecule has 2 amide bonds. The van der Waals surface area contributed by atoms with E-state index in [4.69, 9.17) is 10.5 Å². The third-order valence-electron chi connectivity index (χ3n) is 4.75. The van der Waals surface area contributed by atoms with Crippen LogP contribution in [0.2, 0.25) is 0 Å². The largest absolute Gasteiger partial charge is 0.382 e. The number of hydrogen-bond donors (Lipinski definition) is 4. The van der Waals surface area contributed by atoms with Crippen molar-refractivity contribution in [2.45, 2.75) is 52.2 Å². The Hall–Kier alpha value is -3.11. The third-order valence-corrected chi connectivity index (χ3v) is 4.75. The Balaban J connectivity index is 0.00000132. The molecule has 0 radical (unpaired) electrons. The fourth-order valence-corrected chi connectivity index (χ4v) is 3.42. The van der Waals surface area contributed by atoms with Crippen molar-refractivity contribution >= 4 is 23.0 Å². The first-order valence-electron chi connectivity index (χ1n) is 10.2. The zero-order valence-corrected chi connectivity index (χ0v) is 18.0.